The van der Waals surface area contributed by atoms with Crippen LogP contribution in [0.15, 0.2) is 18.5 Å². The lowest BCUT2D eigenvalue weighted by Gasteiger charge is -2.34. The summed E-state index contributed by atoms with van der Waals surface area (Å²) in [5.41, 5.74) is 7.55. The summed E-state index contributed by atoms with van der Waals surface area (Å²) in [6.45, 7) is 2.71. The first-order valence-corrected chi connectivity index (χ1v) is 5.10. The van der Waals surface area contributed by atoms with Gasteiger partial charge in [0.2, 0.25) is 0 Å². The van der Waals surface area contributed by atoms with Crippen molar-refractivity contribution in [2.24, 2.45) is 0 Å². The van der Waals surface area contributed by atoms with E-state index >= 15 is 0 Å². The highest BCUT2D eigenvalue weighted by atomic mass is 16.3. The molecule has 0 amide bonds. The van der Waals surface area contributed by atoms with E-state index < -0.39 is 0 Å². The Balaban J connectivity index is 2.13. The van der Waals surface area contributed by atoms with E-state index in [0.717, 1.165) is 25.3 Å². The molecule has 82 valence electrons. The lowest BCUT2D eigenvalue weighted by molar-refractivity contribution is 0.236. The molecule has 0 radical (unpaired) electrons. The summed E-state index contributed by atoms with van der Waals surface area (Å²) in [5, 5.41) is 12.3. The molecule has 1 unspecified atom stereocenters. The van der Waals surface area contributed by atoms with Gasteiger partial charge in [-0.2, -0.15) is 0 Å². The number of aliphatic hydroxyl groups is 1. The molecule has 1 aromatic rings. The van der Waals surface area contributed by atoms with Gasteiger partial charge < -0.3 is 21.1 Å². The van der Waals surface area contributed by atoms with Gasteiger partial charge in [-0.3, -0.25) is 4.98 Å². The first-order chi connectivity index (χ1) is 7.31. The van der Waals surface area contributed by atoms with Crippen molar-refractivity contribution in [3.8, 4) is 0 Å². The number of nitrogens with two attached hydrogens (primary N) is 1. The molecule has 5 heteroatoms. The molecule has 15 heavy (non-hydrogen) atoms. The van der Waals surface area contributed by atoms with Gasteiger partial charge in [0, 0.05) is 31.9 Å². The number of aromatic nitrogens is 1. The maximum Gasteiger partial charge on any atom is 0.0738 e. The highest BCUT2D eigenvalue weighted by molar-refractivity contribution is 5.66. The van der Waals surface area contributed by atoms with Crippen molar-refractivity contribution >= 4 is 11.4 Å². The quantitative estimate of drug-likeness (QED) is 0.607. The van der Waals surface area contributed by atoms with Gasteiger partial charge in [-0.25, -0.2) is 0 Å². The Morgan fingerprint density at radius 2 is 2.53 bits per heavy atom. The van der Waals surface area contributed by atoms with E-state index in [2.05, 4.69) is 15.2 Å². The minimum Gasteiger partial charge on any atom is -0.396 e. The molecule has 1 aliphatic heterocycles. The molecule has 0 spiro atoms. The number of nitrogens with zero attached hydrogens (tertiary/aromatic N) is 2. The molecule has 0 bridgehead atoms. The van der Waals surface area contributed by atoms with Crippen molar-refractivity contribution < 1.29 is 5.11 Å². The van der Waals surface area contributed by atoms with E-state index in [1.54, 1.807) is 12.4 Å². The number of anilines is 2. The summed E-state index contributed by atoms with van der Waals surface area (Å²) in [4.78, 5) is 6.14. The highest BCUT2D eigenvalue weighted by Crippen LogP contribution is 2.22. The van der Waals surface area contributed by atoms with Crippen LogP contribution in [-0.2, 0) is 0 Å². The standard InChI is InChI=1S/C10H16N4O/c11-9-5-12-2-1-10(9)14-4-3-13-8(6-14)7-15/h1-2,5,8,13,15H,3-4,6-7,11H2. The first-order valence-electron chi connectivity index (χ1n) is 5.10. The van der Waals surface area contributed by atoms with Gasteiger partial charge in [-0.1, -0.05) is 0 Å². The third kappa shape index (κ3) is 2.19. The van der Waals surface area contributed by atoms with Gasteiger partial charge >= 0.3 is 0 Å². The van der Waals surface area contributed by atoms with Crippen LogP contribution in [0.25, 0.3) is 0 Å². The molecule has 2 rings (SSSR count). The van der Waals surface area contributed by atoms with Crippen molar-refractivity contribution in [1.29, 1.82) is 0 Å². The molecule has 2 heterocycles. The fourth-order valence-electron chi connectivity index (χ4n) is 1.85. The number of aliphatic hydroxyl groups excluding tert-OH is 1. The molecule has 0 saturated carbocycles. The molecule has 1 aromatic heterocycles. The van der Waals surface area contributed by atoms with Gasteiger partial charge in [-0.15, -0.1) is 0 Å². The molecule has 0 aromatic carbocycles. The van der Waals surface area contributed by atoms with Crippen molar-refractivity contribution in [2.75, 3.05) is 36.9 Å². The maximum atomic E-state index is 9.09. The number of hydrogen-bond donors (Lipinski definition) is 3. The molecule has 1 saturated heterocycles. The molecular formula is C10H16N4O. The fraction of sp³-hybridized carbons (Fsp3) is 0.500. The monoisotopic (exact) mass is 208 g/mol. The predicted molar refractivity (Wildman–Crippen MR) is 59.7 cm³/mol. The summed E-state index contributed by atoms with van der Waals surface area (Å²) >= 11 is 0. The predicted octanol–water partition coefficient (Wildman–Crippen LogP) is -0.566. The number of pyridine rings is 1. The Hall–Kier alpha value is -1.33. The maximum absolute atomic E-state index is 9.09. The van der Waals surface area contributed by atoms with Crippen molar-refractivity contribution in [3.05, 3.63) is 18.5 Å². The summed E-state index contributed by atoms with van der Waals surface area (Å²) in [5.74, 6) is 0. The van der Waals surface area contributed by atoms with E-state index in [1.807, 2.05) is 6.07 Å². The zero-order valence-electron chi connectivity index (χ0n) is 8.56. The average molecular weight is 208 g/mol. The normalized spacial score (nSPS) is 21.7. The van der Waals surface area contributed by atoms with Crippen molar-refractivity contribution in [3.63, 3.8) is 0 Å². The zero-order valence-corrected chi connectivity index (χ0v) is 8.56. The average Bonchev–Trinajstić information content (AvgIpc) is 2.30. The smallest absolute Gasteiger partial charge is 0.0738 e. The largest absolute Gasteiger partial charge is 0.396 e. The third-order valence-corrected chi connectivity index (χ3v) is 2.64. The van der Waals surface area contributed by atoms with E-state index in [-0.39, 0.29) is 12.6 Å². The first kappa shape index (κ1) is 10.2. The fourth-order valence-corrected chi connectivity index (χ4v) is 1.85. The van der Waals surface area contributed by atoms with Gasteiger partial charge in [0.1, 0.15) is 0 Å². The van der Waals surface area contributed by atoms with E-state index in [1.165, 1.54) is 0 Å². The number of piperazine rings is 1. The van der Waals surface area contributed by atoms with Gasteiger partial charge in [-0.05, 0) is 6.07 Å². The van der Waals surface area contributed by atoms with Crippen LogP contribution in [-0.4, -0.2) is 42.4 Å². The van der Waals surface area contributed by atoms with Crippen LogP contribution in [0.4, 0.5) is 11.4 Å². The van der Waals surface area contributed by atoms with Crippen LogP contribution in [0, 0.1) is 0 Å². The summed E-state index contributed by atoms with van der Waals surface area (Å²) in [6.07, 6.45) is 3.40. The molecular weight excluding hydrogens is 192 g/mol. The lowest BCUT2D eigenvalue weighted by Crippen LogP contribution is -2.52. The number of nitrogen functional groups attached to an aromatic ring is 1. The van der Waals surface area contributed by atoms with E-state index in [9.17, 15) is 0 Å². The number of hydrogen-bond acceptors (Lipinski definition) is 5. The van der Waals surface area contributed by atoms with Gasteiger partial charge in [0.25, 0.3) is 0 Å². The zero-order chi connectivity index (χ0) is 10.7. The lowest BCUT2D eigenvalue weighted by atomic mass is 10.2. The Labute approximate surface area is 88.9 Å². The van der Waals surface area contributed by atoms with Crippen LogP contribution >= 0.6 is 0 Å². The summed E-state index contributed by atoms with van der Waals surface area (Å²) in [6, 6.07) is 2.04. The Morgan fingerprint density at radius 1 is 1.67 bits per heavy atom. The Morgan fingerprint density at radius 3 is 3.27 bits per heavy atom. The third-order valence-electron chi connectivity index (χ3n) is 2.64. The van der Waals surface area contributed by atoms with E-state index in [4.69, 9.17) is 10.8 Å². The minimum atomic E-state index is 0.131. The van der Waals surface area contributed by atoms with Crippen LogP contribution in [0.5, 0.6) is 0 Å². The van der Waals surface area contributed by atoms with Gasteiger partial charge in [0.15, 0.2) is 0 Å². The van der Waals surface area contributed by atoms with Gasteiger partial charge in [0.05, 0.1) is 24.2 Å². The van der Waals surface area contributed by atoms with Crippen molar-refractivity contribution in [2.45, 2.75) is 6.04 Å². The SMILES string of the molecule is Nc1cnccc1N1CCNC(CO)C1. The van der Waals surface area contributed by atoms with Crippen molar-refractivity contribution in [1.82, 2.24) is 10.3 Å². The highest BCUT2D eigenvalue weighted by Gasteiger charge is 2.19. The summed E-state index contributed by atoms with van der Waals surface area (Å²) in [7, 11) is 0. The van der Waals surface area contributed by atoms with Crippen LogP contribution in [0.2, 0.25) is 0 Å². The number of nitrogens with one attached hydrogen (secondary N) is 1. The van der Waals surface area contributed by atoms with Crippen LogP contribution in [0.3, 0.4) is 0 Å². The topological polar surface area (TPSA) is 74.4 Å². The Bertz CT molecular complexity index is 331. The minimum absolute atomic E-state index is 0.131. The molecule has 1 fully saturated rings. The summed E-state index contributed by atoms with van der Waals surface area (Å²) < 4.78 is 0. The number of rotatable bonds is 2. The Kier molecular flexibility index (Phi) is 3.03. The molecule has 5 nitrogen and oxygen atoms in total. The van der Waals surface area contributed by atoms with E-state index in [0.29, 0.717) is 5.69 Å². The molecule has 1 aliphatic rings. The molecule has 1 atom stereocenters. The van der Waals surface area contributed by atoms with Crippen LogP contribution < -0.4 is 16.0 Å². The second kappa shape index (κ2) is 4.46. The molecule has 4 N–H and O–H groups in total. The second-order valence-electron chi connectivity index (χ2n) is 3.71. The molecule has 0 aliphatic carbocycles. The van der Waals surface area contributed by atoms with Crippen LogP contribution in [0.1, 0.15) is 0 Å². The second-order valence-corrected chi connectivity index (χ2v) is 3.71.